The molecule has 3 nitrogen and oxygen atoms in total. The van der Waals surface area contributed by atoms with Gasteiger partial charge in [0.15, 0.2) is 5.69 Å². The molecule has 0 aliphatic heterocycles. The van der Waals surface area contributed by atoms with Gasteiger partial charge in [0.25, 0.3) is 0 Å². The lowest BCUT2D eigenvalue weighted by Gasteiger charge is -2.04. The third-order valence-electron chi connectivity index (χ3n) is 1.79. The molecule has 1 aromatic rings. The van der Waals surface area contributed by atoms with Gasteiger partial charge in [0.05, 0.1) is 6.54 Å². The Bertz CT molecular complexity index is 318. The van der Waals surface area contributed by atoms with Crippen LogP contribution < -0.4 is 5.32 Å². The largest absolute Gasteiger partial charge is 0.435 e. The van der Waals surface area contributed by atoms with Crippen molar-refractivity contribution < 1.29 is 17.6 Å². The summed E-state index contributed by atoms with van der Waals surface area (Å²) in [6, 6.07) is 0. The van der Waals surface area contributed by atoms with Crippen molar-refractivity contribution >= 4 is 0 Å². The van der Waals surface area contributed by atoms with Crippen molar-refractivity contribution in [3.05, 3.63) is 17.5 Å². The van der Waals surface area contributed by atoms with E-state index in [1.807, 2.05) is 0 Å². The Morgan fingerprint density at radius 3 is 2.60 bits per heavy atom. The predicted molar refractivity (Wildman–Crippen MR) is 46.0 cm³/mol. The molecule has 0 saturated carbocycles. The minimum atomic E-state index is -4.49. The van der Waals surface area contributed by atoms with Crippen LogP contribution in [0, 0.1) is 0 Å². The predicted octanol–water partition coefficient (Wildman–Crippen LogP) is 1.59. The fourth-order valence-corrected chi connectivity index (χ4v) is 1.22. The molecule has 1 aromatic heterocycles. The summed E-state index contributed by atoms with van der Waals surface area (Å²) in [5.41, 5.74) is -0.927. The summed E-state index contributed by atoms with van der Waals surface area (Å²) >= 11 is 0. The summed E-state index contributed by atoms with van der Waals surface area (Å²) in [5.74, 6) is 0. The number of hydrogen-bond donors (Lipinski definition) is 1. The highest BCUT2D eigenvalue weighted by molar-refractivity contribution is 5.19. The summed E-state index contributed by atoms with van der Waals surface area (Å²) in [5, 5.41) is 5.91. The Hall–Kier alpha value is -1.11. The van der Waals surface area contributed by atoms with Gasteiger partial charge in [-0.3, -0.25) is 4.68 Å². The van der Waals surface area contributed by atoms with Gasteiger partial charge < -0.3 is 5.32 Å². The topological polar surface area (TPSA) is 29.9 Å². The van der Waals surface area contributed by atoms with E-state index in [-0.39, 0.29) is 18.7 Å². The molecule has 0 unspecified atom stereocenters. The molecule has 0 aliphatic rings. The van der Waals surface area contributed by atoms with Gasteiger partial charge in [-0.25, -0.2) is 4.39 Å². The first-order valence-electron chi connectivity index (χ1n) is 4.33. The van der Waals surface area contributed by atoms with Crippen molar-refractivity contribution in [3.8, 4) is 0 Å². The quantitative estimate of drug-likeness (QED) is 0.788. The van der Waals surface area contributed by atoms with Gasteiger partial charge in [0.2, 0.25) is 0 Å². The number of aromatic nitrogens is 2. The zero-order valence-electron chi connectivity index (χ0n) is 8.10. The monoisotopic (exact) mass is 225 g/mol. The standard InChI is InChI=1S/C8H11F4N3/c1-13-4-6-5-15(3-2-9)14-7(6)8(10,11)12/h5,13H,2-4H2,1H3. The molecule has 0 spiro atoms. The van der Waals surface area contributed by atoms with Crippen LogP contribution in [0.4, 0.5) is 17.6 Å². The Labute approximate surface area is 84.1 Å². The van der Waals surface area contributed by atoms with Crippen LogP contribution in [0.3, 0.4) is 0 Å². The van der Waals surface area contributed by atoms with Crippen LogP contribution in [0.5, 0.6) is 0 Å². The van der Waals surface area contributed by atoms with Gasteiger partial charge >= 0.3 is 6.18 Å². The number of rotatable bonds is 4. The summed E-state index contributed by atoms with van der Waals surface area (Å²) in [6.45, 7) is -0.841. The minimum absolute atomic E-state index is 0.0263. The second kappa shape index (κ2) is 4.61. The molecule has 0 fully saturated rings. The molecule has 0 bridgehead atoms. The zero-order valence-corrected chi connectivity index (χ0v) is 8.10. The summed E-state index contributed by atoms with van der Waals surface area (Å²) in [6.07, 6.45) is -3.29. The van der Waals surface area contributed by atoms with Crippen LogP contribution in [0.2, 0.25) is 0 Å². The molecule has 0 atom stereocenters. The molecule has 86 valence electrons. The number of nitrogens with zero attached hydrogens (tertiary/aromatic N) is 2. The number of aryl methyl sites for hydroxylation is 1. The van der Waals surface area contributed by atoms with Crippen LogP contribution in [0.25, 0.3) is 0 Å². The van der Waals surface area contributed by atoms with Gasteiger partial charge in [0.1, 0.15) is 6.67 Å². The van der Waals surface area contributed by atoms with Crippen LogP contribution in [-0.4, -0.2) is 23.5 Å². The van der Waals surface area contributed by atoms with Gasteiger partial charge in [-0.1, -0.05) is 0 Å². The van der Waals surface area contributed by atoms with E-state index in [4.69, 9.17) is 0 Å². The highest BCUT2D eigenvalue weighted by atomic mass is 19.4. The second-order valence-corrected chi connectivity index (χ2v) is 2.98. The average Bonchev–Trinajstić information content (AvgIpc) is 2.49. The maximum atomic E-state index is 12.4. The van der Waals surface area contributed by atoms with Crippen molar-refractivity contribution in [2.75, 3.05) is 13.7 Å². The van der Waals surface area contributed by atoms with E-state index in [0.29, 0.717) is 0 Å². The highest BCUT2D eigenvalue weighted by Gasteiger charge is 2.36. The van der Waals surface area contributed by atoms with Crippen molar-refractivity contribution in [2.24, 2.45) is 0 Å². The van der Waals surface area contributed by atoms with E-state index < -0.39 is 18.5 Å². The molecule has 0 aromatic carbocycles. The lowest BCUT2D eigenvalue weighted by Crippen LogP contribution is -2.13. The van der Waals surface area contributed by atoms with Crippen molar-refractivity contribution in [3.63, 3.8) is 0 Å². The van der Waals surface area contributed by atoms with E-state index >= 15 is 0 Å². The lowest BCUT2D eigenvalue weighted by molar-refractivity contribution is -0.142. The molecule has 15 heavy (non-hydrogen) atoms. The molecule has 0 radical (unpaired) electrons. The Balaban J connectivity index is 3.00. The van der Waals surface area contributed by atoms with Crippen LogP contribution >= 0.6 is 0 Å². The zero-order chi connectivity index (χ0) is 11.5. The molecule has 1 N–H and O–H groups in total. The number of halogens is 4. The van der Waals surface area contributed by atoms with E-state index in [2.05, 4.69) is 10.4 Å². The molecule has 0 amide bonds. The summed E-state index contributed by atoms with van der Waals surface area (Å²) in [4.78, 5) is 0. The maximum absolute atomic E-state index is 12.4. The lowest BCUT2D eigenvalue weighted by atomic mass is 10.2. The van der Waals surface area contributed by atoms with Gasteiger partial charge in [0, 0.05) is 18.3 Å². The van der Waals surface area contributed by atoms with E-state index in [9.17, 15) is 17.6 Å². The molecular weight excluding hydrogens is 214 g/mol. The third-order valence-corrected chi connectivity index (χ3v) is 1.79. The Morgan fingerprint density at radius 1 is 1.47 bits per heavy atom. The number of hydrogen-bond acceptors (Lipinski definition) is 2. The van der Waals surface area contributed by atoms with Gasteiger partial charge in [-0.15, -0.1) is 0 Å². The molecule has 1 heterocycles. The highest BCUT2D eigenvalue weighted by Crippen LogP contribution is 2.30. The maximum Gasteiger partial charge on any atom is 0.435 e. The Morgan fingerprint density at radius 2 is 2.13 bits per heavy atom. The SMILES string of the molecule is CNCc1cn(CCF)nc1C(F)(F)F. The molecule has 0 aliphatic carbocycles. The smallest absolute Gasteiger partial charge is 0.316 e. The first kappa shape index (κ1) is 12.0. The van der Waals surface area contributed by atoms with E-state index in [0.717, 1.165) is 4.68 Å². The Kier molecular flexibility index (Phi) is 3.67. The van der Waals surface area contributed by atoms with Crippen molar-refractivity contribution in [1.29, 1.82) is 0 Å². The van der Waals surface area contributed by atoms with Crippen LogP contribution in [0.15, 0.2) is 6.20 Å². The molecule has 1 rings (SSSR count). The number of nitrogens with one attached hydrogen (secondary N) is 1. The second-order valence-electron chi connectivity index (χ2n) is 2.98. The van der Waals surface area contributed by atoms with Gasteiger partial charge in [-0.05, 0) is 7.05 Å². The van der Waals surface area contributed by atoms with Crippen molar-refractivity contribution in [1.82, 2.24) is 15.1 Å². The molecular formula is C8H11F4N3. The van der Waals surface area contributed by atoms with Crippen LogP contribution in [0.1, 0.15) is 11.3 Å². The fourth-order valence-electron chi connectivity index (χ4n) is 1.22. The van der Waals surface area contributed by atoms with E-state index in [1.165, 1.54) is 13.2 Å². The van der Waals surface area contributed by atoms with E-state index in [1.54, 1.807) is 0 Å². The van der Waals surface area contributed by atoms with Gasteiger partial charge in [-0.2, -0.15) is 18.3 Å². The minimum Gasteiger partial charge on any atom is -0.316 e. The first-order valence-corrected chi connectivity index (χ1v) is 4.33. The summed E-state index contributed by atoms with van der Waals surface area (Å²) in [7, 11) is 1.53. The van der Waals surface area contributed by atoms with Crippen LogP contribution in [-0.2, 0) is 19.3 Å². The molecule has 7 heteroatoms. The molecule has 0 saturated heterocycles. The summed E-state index contributed by atoms with van der Waals surface area (Å²) < 4.78 is 50.2. The normalized spacial score (nSPS) is 12.1. The number of alkyl halides is 4. The average molecular weight is 225 g/mol. The first-order chi connectivity index (χ1) is 6.99. The fraction of sp³-hybridized carbons (Fsp3) is 0.625. The third kappa shape index (κ3) is 2.92. The van der Waals surface area contributed by atoms with Crippen molar-refractivity contribution in [2.45, 2.75) is 19.3 Å².